The molecule has 3 aliphatic rings. The van der Waals surface area contributed by atoms with Crippen LogP contribution in [-0.4, -0.2) is 95.2 Å². The van der Waals surface area contributed by atoms with Crippen LogP contribution < -0.4 is 10.6 Å². The quantitative estimate of drug-likeness (QED) is 0.508. The van der Waals surface area contributed by atoms with Crippen molar-refractivity contribution in [3.8, 4) is 0 Å². The Morgan fingerprint density at radius 3 is 2.69 bits per heavy atom. The monoisotopic (exact) mass is 541 g/mol. The van der Waals surface area contributed by atoms with Crippen LogP contribution in [0.2, 0.25) is 0 Å². The van der Waals surface area contributed by atoms with Crippen molar-refractivity contribution in [3.63, 3.8) is 0 Å². The van der Waals surface area contributed by atoms with Crippen LogP contribution in [0.15, 0.2) is 34.9 Å². The standard InChI is InChI=1S/C28H39N5O6/c1-18-27(19(2)39-31-18)30-28(36)33-15-22(34)16-37-17-25-24(33)9-8-23(38-25)12-26(35)29-21-10-11-32(14-21)13-20-6-4-3-5-7-20/h3-7,21-25,34H,8-17H2,1-2H3,(H,29,35)(H,30,36)/t21-,22-,23-,24-,25+/m1/s1. The maximum Gasteiger partial charge on any atom is 0.322 e. The van der Waals surface area contributed by atoms with Gasteiger partial charge < -0.3 is 34.6 Å². The minimum Gasteiger partial charge on any atom is -0.389 e. The van der Waals surface area contributed by atoms with Gasteiger partial charge in [0.1, 0.15) is 17.5 Å². The van der Waals surface area contributed by atoms with E-state index < -0.39 is 12.2 Å². The number of fused-ring (bicyclic) bond motifs is 1. The van der Waals surface area contributed by atoms with Gasteiger partial charge in [0.05, 0.1) is 44.4 Å². The van der Waals surface area contributed by atoms with Gasteiger partial charge in [-0.05, 0) is 38.7 Å². The molecule has 3 fully saturated rings. The lowest BCUT2D eigenvalue weighted by Crippen LogP contribution is -2.58. The number of anilines is 1. The summed E-state index contributed by atoms with van der Waals surface area (Å²) in [4.78, 5) is 30.2. The normalized spacial score (nSPS) is 27.9. The summed E-state index contributed by atoms with van der Waals surface area (Å²) in [6.07, 6.45) is 1.01. The summed E-state index contributed by atoms with van der Waals surface area (Å²) >= 11 is 0. The number of β-amino-alcohol motifs (C(OH)–C–C–N with tert-alkyl or cyclic N) is 1. The number of benzene rings is 1. The molecule has 0 bridgehead atoms. The molecule has 5 rings (SSSR count). The molecular weight excluding hydrogens is 502 g/mol. The molecule has 0 radical (unpaired) electrons. The van der Waals surface area contributed by atoms with Gasteiger partial charge in [0.2, 0.25) is 5.91 Å². The molecule has 3 aliphatic heterocycles. The maximum absolute atomic E-state index is 13.3. The van der Waals surface area contributed by atoms with E-state index in [-0.39, 0.29) is 56.3 Å². The number of aromatic nitrogens is 1. The highest BCUT2D eigenvalue weighted by Gasteiger charge is 2.40. The number of aliphatic hydroxyl groups excluding tert-OH is 1. The molecule has 0 spiro atoms. The molecule has 2 aromatic rings. The predicted molar refractivity (Wildman–Crippen MR) is 143 cm³/mol. The van der Waals surface area contributed by atoms with Crippen molar-refractivity contribution in [2.75, 3.05) is 38.2 Å². The largest absolute Gasteiger partial charge is 0.389 e. The second-order valence-corrected chi connectivity index (χ2v) is 10.9. The van der Waals surface area contributed by atoms with Crippen molar-refractivity contribution in [2.45, 2.75) is 76.5 Å². The average Bonchev–Trinajstić information content (AvgIpc) is 3.47. The van der Waals surface area contributed by atoms with E-state index in [1.165, 1.54) is 5.56 Å². The topological polar surface area (TPSA) is 129 Å². The molecule has 3 amide bonds. The van der Waals surface area contributed by atoms with E-state index >= 15 is 0 Å². The first-order valence-electron chi connectivity index (χ1n) is 13.8. The van der Waals surface area contributed by atoms with Gasteiger partial charge in [0, 0.05) is 25.7 Å². The predicted octanol–water partition coefficient (Wildman–Crippen LogP) is 2.21. The molecule has 1 aromatic heterocycles. The number of likely N-dealkylation sites (tertiary alicyclic amines) is 1. The van der Waals surface area contributed by atoms with Gasteiger partial charge in [-0.3, -0.25) is 9.69 Å². The molecule has 3 saturated heterocycles. The number of hydrogen-bond acceptors (Lipinski definition) is 8. The number of aliphatic hydroxyl groups is 1. The zero-order chi connectivity index (χ0) is 27.4. The van der Waals surface area contributed by atoms with Gasteiger partial charge >= 0.3 is 6.03 Å². The molecule has 5 atom stereocenters. The number of hydrogen-bond donors (Lipinski definition) is 3. The number of rotatable bonds is 6. The zero-order valence-corrected chi connectivity index (χ0v) is 22.7. The molecule has 4 heterocycles. The SMILES string of the molecule is Cc1noc(C)c1NC(=O)N1C[C@@H](O)COC[C@@H]2O[C@@H](CC(=O)N[C@@H]3CCN(Cc4ccccc4)C3)CC[C@H]21. The van der Waals surface area contributed by atoms with Crippen molar-refractivity contribution < 1.29 is 28.7 Å². The van der Waals surface area contributed by atoms with Gasteiger partial charge in [-0.2, -0.15) is 0 Å². The summed E-state index contributed by atoms with van der Waals surface area (Å²) in [5.74, 6) is 0.505. The summed E-state index contributed by atoms with van der Waals surface area (Å²) in [6.45, 7) is 6.64. The third kappa shape index (κ3) is 6.96. The number of carbonyl (C=O) groups is 2. The minimum atomic E-state index is -0.808. The van der Waals surface area contributed by atoms with Crippen LogP contribution in [-0.2, 0) is 20.8 Å². The zero-order valence-electron chi connectivity index (χ0n) is 22.7. The average molecular weight is 542 g/mol. The van der Waals surface area contributed by atoms with Gasteiger partial charge in [0.15, 0.2) is 5.76 Å². The molecule has 11 heteroatoms. The Labute approximate surface area is 228 Å². The fourth-order valence-corrected chi connectivity index (χ4v) is 5.84. The number of ether oxygens (including phenoxy) is 2. The molecule has 0 saturated carbocycles. The highest BCUT2D eigenvalue weighted by Crippen LogP contribution is 2.29. The number of nitrogens with zero attached hydrogens (tertiary/aromatic N) is 3. The van der Waals surface area contributed by atoms with E-state index in [0.29, 0.717) is 30.0 Å². The molecule has 39 heavy (non-hydrogen) atoms. The van der Waals surface area contributed by atoms with Crippen LogP contribution in [0, 0.1) is 13.8 Å². The lowest BCUT2D eigenvalue weighted by molar-refractivity contribution is -0.150. The van der Waals surface area contributed by atoms with Crippen molar-refractivity contribution in [2.24, 2.45) is 0 Å². The van der Waals surface area contributed by atoms with Crippen LogP contribution >= 0.6 is 0 Å². The molecule has 0 aliphatic carbocycles. The number of carbonyl (C=O) groups excluding carboxylic acids is 2. The van der Waals surface area contributed by atoms with Crippen LogP contribution in [0.3, 0.4) is 0 Å². The van der Waals surface area contributed by atoms with Gasteiger partial charge in [-0.25, -0.2) is 4.79 Å². The molecule has 0 unspecified atom stereocenters. The first-order valence-corrected chi connectivity index (χ1v) is 13.8. The first kappa shape index (κ1) is 27.6. The van der Waals surface area contributed by atoms with Crippen molar-refractivity contribution in [1.29, 1.82) is 0 Å². The van der Waals surface area contributed by atoms with Gasteiger partial charge in [-0.1, -0.05) is 35.5 Å². The van der Waals surface area contributed by atoms with Gasteiger partial charge in [-0.15, -0.1) is 0 Å². The molecule has 212 valence electrons. The maximum atomic E-state index is 13.3. The number of urea groups is 1. The van der Waals surface area contributed by atoms with E-state index in [0.717, 1.165) is 26.1 Å². The summed E-state index contributed by atoms with van der Waals surface area (Å²) in [5, 5.41) is 20.4. The number of nitrogens with one attached hydrogen (secondary N) is 2. The van der Waals surface area contributed by atoms with E-state index in [1.54, 1.807) is 18.7 Å². The Kier molecular flexibility index (Phi) is 8.81. The van der Waals surface area contributed by atoms with E-state index in [1.807, 2.05) is 18.2 Å². The van der Waals surface area contributed by atoms with Crippen LogP contribution in [0.25, 0.3) is 0 Å². The highest BCUT2D eigenvalue weighted by atomic mass is 16.5. The van der Waals surface area contributed by atoms with E-state index in [2.05, 4.69) is 32.8 Å². The van der Waals surface area contributed by atoms with E-state index in [4.69, 9.17) is 14.0 Å². The molecule has 11 nitrogen and oxygen atoms in total. The Balaban J connectivity index is 1.14. The Hall–Kier alpha value is -2.99. The minimum absolute atomic E-state index is 0.0137. The number of aryl methyl sites for hydroxylation is 2. The Bertz CT molecular complexity index is 1110. The summed E-state index contributed by atoms with van der Waals surface area (Å²) in [7, 11) is 0. The first-order chi connectivity index (χ1) is 18.9. The molecule has 1 aromatic carbocycles. The van der Waals surface area contributed by atoms with Gasteiger partial charge in [0.25, 0.3) is 0 Å². The third-order valence-corrected chi connectivity index (χ3v) is 7.81. The van der Waals surface area contributed by atoms with Crippen LogP contribution in [0.1, 0.15) is 42.7 Å². The second-order valence-electron chi connectivity index (χ2n) is 10.9. The van der Waals surface area contributed by atoms with Crippen molar-refractivity contribution in [1.82, 2.24) is 20.3 Å². The Morgan fingerprint density at radius 1 is 1.10 bits per heavy atom. The molecule has 3 N–H and O–H groups in total. The van der Waals surface area contributed by atoms with Crippen LogP contribution in [0.5, 0.6) is 0 Å². The Morgan fingerprint density at radius 2 is 1.92 bits per heavy atom. The lowest BCUT2D eigenvalue weighted by atomic mass is 9.95. The fourth-order valence-electron chi connectivity index (χ4n) is 5.84. The smallest absolute Gasteiger partial charge is 0.322 e. The second kappa shape index (κ2) is 12.5. The summed E-state index contributed by atoms with van der Waals surface area (Å²) < 4.78 is 17.2. The fraction of sp³-hybridized carbons (Fsp3) is 0.607. The van der Waals surface area contributed by atoms with Crippen LogP contribution in [0.4, 0.5) is 10.5 Å². The van der Waals surface area contributed by atoms with Crippen molar-refractivity contribution >= 4 is 17.6 Å². The highest BCUT2D eigenvalue weighted by molar-refractivity contribution is 5.90. The summed E-state index contributed by atoms with van der Waals surface area (Å²) in [5.41, 5.74) is 2.40. The third-order valence-electron chi connectivity index (χ3n) is 7.81. The summed E-state index contributed by atoms with van der Waals surface area (Å²) in [6, 6.07) is 9.86. The van der Waals surface area contributed by atoms with Crippen molar-refractivity contribution in [3.05, 3.63) is 47.3 Å². The number of amides is 3. The molecular formula is C28H39N5O6. The lowest BCUT2D eigenvalue weighted by Gasteiger charge is -2.44. The van der Waals surface area contributed by atoms with E-state index in [9.17, 15) is 14.7 Å².